The lowest BCUT2D eigenvalue weighted by molar-refractivity contribution is -0.123. The molecule has 1 amide bonds. The Balaban J connectivity index is 1.52. The monoisotopic (exact) mass is 333 g/mol. The molecular weight excluding hydrogens is 316 g/mol. The summed E-state index contributed by atoms with van der Waals surface area (Å²) in [7, 11) is 1.61. The van der Waals surface area contributed by atoms with Crippen LogP contribution in [0.3, 0.4) is 0 Å². The number of carbonyl (C=O) groups is 1. The first-order valence-electron chi connectivity index (χ1n) is 7.58. The van der Waals surface area contributed by atoms with E-state index < -0.39 is 11.6 Å². The van der Waals surface area contributed by atoms with E-state index in [0.29, 0.717) is 6.07 Å². The van der Waals surface area contributed by atoms with Gasteiger partial charge < -0.3 is 14.8 Å². The van der Waals surface area contributed by atoms with Crippen molar-refractivity contribution in [1.82, 2.24) is 5.32 Å². The van der Waals surface area contributed by atoms with Crippen LogP contribution in [0, 0.1) is 11.6 Å². The molecule has 0 spiro atoms. The Hall–Kier alpha value is -2.63. The van der Waals surface area contributed by atoms with Crippen LogP contribution in [0.5, 0.6) is 11.5 Å². The van der Waals surface area contributed by atoms with Gasteiger partial charge >= 0.3 is 0 Å². The minimum absolute atomic E-state index is 0.00969. The quantitative estimate of drug-likeness (QED) is 0.884. The first-order chi connectivity index (χ1) is 11.6. The summed E-state index contributed by atoms with van der Waals surface area (Å²) in [6.07, 6.45) is 0.816. The highest BCUT2D eigenvalue weighted by Gasteiger charge is 2.41. The van der Waals surface area contributed by atoms with Crippen molar-refractivity contribution in [3.8, 4) is 11.5 Å². The lowest BCUT2D eigenvalue weighted by Crippen LogP contribution is -2.31. The smallest absolute Gasteiger partial charge is 0.258 e. The SMILES string of the molecule is COc1ccccc1[C@H]1C[C@@H]1NC(=O)COc1ccc(F)cc1F. The summed E-state index contributed by atoms with van der Waals surface area (Å²) in [5, 5.41) is 2.84. The maximum absolute atomic E-state index is 13.4. The molecule has 1 aliphatic carbocycles. The van der Waals surface area contributed by atoms with Crippen LogP contribution in [0.25, 0.3) is 0 Å². The molecule has 0 unspecified atom stereocenters. The molecule has 0 radical (unpaired) electrons. The van der Waals surface area contributed by atoms with Gasteiger partial charge in [0.2, 0.25) is 0 Å². The number of para-hydroxylation sites is 1. The largest absolute Gasteiger partial charge is 0.496 e. The fourth-order valence-electron chi connectivity index (χ4n) is 2.65. The van der Waals surface area contributed by atoms with Crippen LogP contribution < -0.4 is 14.8 Å². The number of ether oxygens (including phenoxy) is 2. The molecule has 0 aromatic heterocycles. The van der Waals surface area contributed by atoms with E-state index in [4.69, 9.17) is 9.47 Å². The van der Waals surface area contributed by atoms with Crippen LogP contribution in [-0.2, 0) is 4.79 Å². The second-order valence-corrected chi connectivity index (χ2v) is 5.62. The van der Waals surface area contributed by atoms with E-state index >= 15 is 0 Å². The average Bonchev–Trinajstić information content (AvgIpc) is 3.33. The minimum Gasteiger partial charge on any atom is -0.496 e. The molecule has 0 heterocycles. The van der Waals surface area contributed by atoms with Crippen molar-refractivity contribution in [3.63, 3.8) is 0 Å². The van der Waals surface area contributed by atoms with Gasteiger partial charge in [-0.15, -0.1) is 0 Å². The third-order valence-electron chi connectivity index (χ3n) is 3.93. The number of hydrogen-bond donors (Lipinski definition) is 1. The van der Waals surface area contributed by atoms with Crippen LogP contribution in [-0.4, -0.2) is 25.7 Å². The maximum Gasteiger partial charge on any atom is 0.258 e. The van der Waals surface area contributed by atoms with Gasteiger partial charge in [-0.3, -0.25) is 4.79 Å². The van der Waals surface area contributed by atoms with Crippen molar-refractivity contribution in [3.05, 3.63) is 59.7 Å². The molecule has 4 nitrogen and oxygen atoms in total. The number of methoxy groups -OCH3 is 1. The van der Waals surface area contributed by atoms with Gasteiger partial charge in [0.15, 0.2) is 18.2 Å². The molecule has 0 saturated heterocycles. The lowest BCUT2D eigenvalue weighted by atomic mass is 10.1. The number of hydrogen-bond acceptors (Lipinski definition) is 3. The molecule has 2 aromatic rings. The van der Waals surface area contributed by atoms with Gasteiger partial charge in [-0.05, 0) is 30.2 Å². The van der Waals surface area contributed by atoms with Gasteiger partial charge in [-0.1, -0.05) is 18.2 Å². The van der Waals surface area contributed by atoms with E-state index in [9.17, 15) is 13.6 Å². The number of carbonyl (C=O) groups excluding carboxylic acids is 1. The standard InChI is InChI=1S/C18H17F2NO3/c1-23-16-5-3-2-4-12(16)13-9-15(13)21-18(22)10-24-17-7-6-11(19)8-14(17)20/h2-8,13,15H,9-10H2,1H3,(H,21,22)/t13-,15+/m1/s1. The molecular formula is C18H17F2NO3. The Bertz CT molecular complexity index is 751. The molecule has 3 rings (SSSR count). The zero-order chi connectivity index (χ0) is 17.1. The normalized spacial score (nSPS) is 18.8. The number of amides is 1. The Morgan fingerprint density at radius 1 is 1.21 bits per heavy atom. The molecule has 1 fully saturated rings. The molecule has 126 valence electrons. The fourth-order valence-corrected chi connectivity index (χ4v) is 2.65. The third kappa shape index (κ3) is 3.64. The van der Waals surface area contributed by atoms with Crippen LogP contribution in [0.1, 0.15) is 17.9 Å². The summed E-state index contributed by atoms with van der Waals surface area (Å²) in [4.78, 5) is 11.9. The van der Waals surface area contributed by atoms with E-state index in [0.717, 1.165) is 29.9 Å². The molecule has 2 atom stereocenters. The molecule has 6 heteroatoms. The highest BCUT2D eigenvalue weighted by molar-refractivity contribution is 5.78. The van der Waals surface area contributed by atoms with E-state index in [1.54, 1.807) is 7.11 Å². The molecule has 0 aliphatic heterocycles. The van der Waals surface area contributed by atoms with E-state index in [2.05, 4.69) is 5.32 Å². The minimum atomic E-state index is -0.832. The number of nitrogens with one attached hydrogen (secondary N) is 1. The Morgan fingerprint density at radius 3 is 2.75 bits per heavy atom. The van der Waals surface area contributed by atoms with Crippen LogP contribution in [0.4, 0.5) is 8.78 Å². The molecule has 0 bridgehead atoms. The second-order valence-electron chi connectivity index (χ2n) is 5.62. The number of benzene rings is 2. The van der Waals surface area contributed by atoms with Crippen LogP contribution in [0.15, 0.2) is 42.5 Å². The zero-order valence-electron chi connectivity index (χ0n) is 13.1. The van der Waals surface area contributed by atoms with Gasteiger partial charge in [-0.2, -0.15) is 0 Å². The summed E-state index contributed by atoms with van der Waals surface area (Å²) in [5.74, 6) is -1.02. The maximum atomic E-state index is 13.4. The fraction of sp³-hybridized carbons (Fsp3) is 0.278. The van der Waals surface area contributed by atoms with E-state index in [-0.39, 0.29) is 30.2 Å². The van der Waals surface area contributed by atoms with Gasteiger partial charge in [0.05, 0.1) is 7.11 Å². The summed E-state index contributed by atoms with van der Waals surface area (Å²) in [5.41, 5.74) is 1.05. The van der Waals surface area contributed by atoms with Crippen molar-refractivity contribution < 1.29 is 23.0 Å². The molecule has 24 heavy (non-hydrogen) atoms. The number of halogens is 2. The molecule has 1 saturated carbocycles. The first kappa shape index (κ1) is 16.2. The Morgan fingerprint density at radius 2 is 2.00 bits per heavy atom. The lowest BCUT2D eigenvalue weighted by Gasteiger charge is -2.10. The van der Waals surface area contributed by atoms with Gasteiger partial charge in [0, 0.05) is 18.0 Å². The Labute approximate surface area is 138 Å². The highest BCUT2D eigenvalue weighted by Crippen LogP contribution is 2.44. The summed E-state index contributed by atoms with van der Waals surface area (Å²) in [6, 6.07) is 10.6. The van der Waals surface area contributed by atoms with E-state index in [1.165, 1.54) is 0 Å². The Kier molecular flexibility index (Phi) is 4.64. The van der Waals surface area contributed by atoms with Crippen LogP contribution in [0.2, 0.25) is 0 Å². The molecule has 1 N–H and O–H groups in total. The zero-order valence-corrected chi connectivity index (χ0v) is 13.1. The molecule has 2 aromatic carbocycles. The van der Waals surface area contributed by atoms with Crippen molar-refractivity contribution >= 4 is 5.91 Å². The van der Waals surface area contributed by atoms with Crippen molar-refractivity contribution in [2.45, 2.75) is 18.4 Å². The third-order valence-corrected chi connectivity index (χ3v) is 3.93. The summed E-state index contributed by atoms with van der Waals surface area (Å²) < 4.78 is 36.6. The predicted octanol–water partition coefficient (Wildman–Crippen LogP) is 3.02. The van der Waals surface area contributed by atoms with Crippen LogP contribution >= 0.6 is 0 Å². The van der Waals surface area contributed by atoms with Crippen molar-refractivity contribution in [2.24, 2.45) is 0 Å². The highest BCUT2D eigenvalue weighted by atomic mass is 19.1. The van der Waals surface area contributed by atoms with Crippen molar-refractivity contribution in [1.29, 1.82) is 0 Å². The first-order valence-corrected chi connectivity index (χ1v) is 7.58. The summed E-state index contributed by atoms with van der Waals surface area (Å²) in [6.45, 7) is -0.322. The van der Waals surface area contributed by atoms with Gasteiger partial charge in [-0.25, -0.2) is 8.78 Å². The predicted molar refractivity (Wildman–Crippen MR) is 84.1 cm³/mol. The average molecular weight is 333 g/mol. The van der Waals surface area contributed by atoms with Crippen molar-refractivity contribution in [2.75, 3.05) is 13.7 Å². The van der Waals surface area contributed by atoms with Gasteiger partial charge in [0.1, 0.15) is 11.6 Å². The molecule has 1 aliphatic rings. The topological polar surface area (TPSA) is 47.6 Å². The van der Waals surface area contributed by atoms with Gasteiger partial charge in [0.25, 0.3) is 5.91 Å². The van der Waals surface area contributed by atoms with E-state index in [1.807, 2.05) is 24.3 Å². The summed E-state index contributed by atoms with van der Waals surface area (Å²) >= 11 is 0. The number of rotatable bonds is 6. The second kappa shape index (κ2) is 6.86.